The van der Waals surface area contributed by atoms with Gasteiger partial charge in [0, 0.05) is 25.7 Å². The summed E-state index contributed by atoms with van der Waals surface area (Å²) in [5.74, 6) is -3.70. The summed E-state index contributed by atoms with van der Waals surface area (Å²) >= 11 is 0. The molecule has 1 saturated heterocycles. The van der Waals surface area contributed by atoms with E-state index in [1.807, 2.05) is 0 Å². The van der Waals surface area contributed by atoms with Crippen LogP contribution < -0.4 is 10.2 Å². The summed E-state index contributed by atoms with van der Waals surface area (Å²) in [6, 6.07) is 0.650. The fourth-order valence-corrected chi connectivity index (χ4v) is 2.41. The summed E-state index contributed by atoms with van der Waals surface area (Å²) in [5, 5.41) is 2.62. The average molecular weight is 309 g/mol. The number of alkyl halides is 3. The number of hydrogen-bond acceptors (Lipinski definition) is 3. The molecule has 0 radical (unpaired) electrons. The normalized spacial score (nSPS) is 19.7. The van der Waals surface area contributed by atoms with Gasteiger partial charge < -0.3 is 10.2 Å². The molecular weight excluding hydrogens is 293 g/mol. The molecule has 1 aliphatic heterocycles. The molecule has 0 amide bonds. The van der Waals surface area contributed by atoms with Crippen molar-refractivity contribution in [2.24, 2.45) is 5.92 Å². The Balaban J connectivity index is 2.26. The molecule has 2 heterocycles. The van der Waals surface area contributed by atoms with Crippen LogP contribution in [0.3, 0.4) is 0 Å². The third kappa shape index (κ3) is 3.54. The summed E-state index contributed by atoms with van der Waals surface area (Å²) in [5.41, 5.74) is 0. The predicted octanol–water partition coefficient (Wildman–Crippen LogP) is 3.57. The molecule has 1 fully saturated rings. The Kier molecular flexibility index (Phi) is 4.53. The summed E-state index contributed by atoms with van der Waals surface area (Å²) in [7, 11) is 0. The van der Waals surface area contributed by atoms with Crippen LogP contribution in [0.2, 0.25) is 0 Å². The van der Waals surface area contributed by atoms with Crippen molar-refractivity contribution in [1.82, 2.24) is 4.98 Å². The lowest BCUT2D eigenvalue weighted by Crippen LogP contribution is -2.42. The molecule has 21 heavy (non-hydrogen) atoms. The zero-order valence-electron chi connectivity index (χ0n) is 11.5. The molecule has 1 unspecified atom stereocenters. The highest BCUT2D eigenvalue weighted by Gasteiger charge is 2.42. The van der Waals surface area contributed by atoms with Crippen LogP contribution >= 0.6 is 0 Å². The fourth-order valence-electron chi connectivity index (χ4n) is 2.41. The van der Waals surface area contributed by atoms with Crippen molar-refractivity contribution >= 4 is 11.6 Å². The topological polar surface area (TPSA) is 28.2 Å². The number of hydrogen-bond donors (Lipinski definition) is 1. The van der Waals surface area contributed by atoms with E-state index in [-0.39, 0.29) is 31.1 Å². The van der Waals surface area contributed by atoms with Crippen molar-refractivity contribution in [2.75, 3.05) is 29.9 Å². The van der Waals surface area contributed by atoms with E-state index < -0.39 is 23.7 Å². The molecule has 0 bridgehead atoms. The van der Waals surface area contributed by atoms with Gasteiger partial charge in [-0.25, -0.2) is 13.8 Å². The van der Waals surface area contributed by atoms with Gasteiger partial charge >= 0.3 is 6.18 Å². The quantitative estimate of drug-likeness (QED) is 0.865. The molecule has 0 saturated carbocycles. The Hall–Kier alpha value is -1.60. The largest absolute Gasteiger partial charge is 0.393 e. The first-order valence-electron chi connectivity index (χ1n) is 6.74. The van der Waals surface area contributed by atoms with Crippen LogP contribution in [-0.4, -0.2) is 30.8 Å². The SMILES string of the molecule is CCNc1nc(N2CCCC(C(F)(F)F)C2)c(F)cc1F. The van der Waals surface area contributed by atoms with Crippen LogP contribution in [0.5, 0.6) is 0 Å². The van der Waals surface area contributed by atoms with Crippen LogP contribution in [0, 0.1) is 17.6 Å². The van der Waals surface area contributed by atoms with Crippen LogP contribution in [0.4, 0.5) is 33.6 Å². The molecular formula is C13H16F5N3. The first-order valence-corrected chi connectivity index (χ1v) is 6.74. The molecule has 1 aromatic rings. The highest BCUT2D eigenvalue weighted by Crippen LogP contribution is 2.35. The Morgan fingerprint density at radius 2 is 2.05 bits per heavy atom. The minimum atomic E-state index is -4.32. The molecule has 1 aromatic heterocycles. The van der Waals surface area contributed by atoms with E-state index in [4.69, 9.17) is 0 Å². The van der Waals surface area contributed by atoms with E-state index in [9.17, 15) is 22.0 Å². The molecule has 0 spiro atoms. The molecule has 1 atom stereocenters. The third-order valence-corrected chi connectivity index (χ3v) is 3.44. The van der Waals surface area contributed by atoms with Gasteiger partial charge in [0.2, 0.25) is 0 Å². The Morgan fingerprint density at radius 1 is 1.33 bits per heavy atom. The highest BCUT2D eigenvalue weighted by atomic mass is 19.4. The van der Waals surface area contributed by atoms with Gasteiger partial charge in [-0.15, -0.1) is 0 Å². The molecule has 1 aliphatic rings. The molecule has 0 aromatic carbocycles. The van der Waals surface area contributed by atoms with E-state index in [0.29, 0.717) is 19.0 Å². The van der Waals surface area contributed by atoms with Crippen LogP contribution in [-0.2, 0) is 0 Å². The fraction of sp³-hybridized carbons (Fsp3) is 0.615. The Bertz CT molecular complexity index is 503. The van der Waals surface area contributed by atoms with Gasteiger partial charge in [0.1, 0.15) is 0 Å². The molecule has 8 heteroatoms. The second kappa shape index (κ2) is 6.03. The summed E-state index contributed by atoms with van der Waals surface area (Å²) in [6.45, 7) is 2.00. The summed E-state index contributed by atoms with van der Waals surface area (Å²) < 4.78 is 65.7. The standard InChI is InChI=1S/C13H16F5N3/c1-2-19-11-9(14)6-10(15)12(20-11)21-5-3-4-8(7-21)13(16,17)18/h6,8H,2-5,7H2,1H3,(H,19,20). The van der Waals surface area contributed by atoms with Crippen LogP contribution in [0.25, 0.3) is 0 Å². The number of anilines is 2. The van der Waals surface area contributed by atoms with Crippen molar-refractivity contribution in [3.8, 4) is 0 Å². The number of rotatable bonds is 3. The van der Waals surface area contributed by atoms with Crippen LogP contribution in [0.15, 0.2) is 6.07 Å². The van der Waals surface area contributed by atoms with Crippen molar-refractivity contribution in [3.05, 3.63) is 17.7 Å². The maximum Gasteiger partial charge on any atom is 0.393 e. The van der Waals surface area contributed by atoms with Crippen molar-refractivity contribution < 1.29 is 22.0 Å². The van der Waals surface area contributed by atoms with E-state index in [1.54, 1.807) is 6.92 Å². The average Bonchev–Trinajstić information content (AvgIpc) is 2.41. The Labute approximate surface area is 119 Å². The number of aromatic nitrogens is 1. The second-order valence-electron chi connectivity index (χ2n) is 4.98. The van der Waals surface area contributed by atoms with Crippen molar-refractivity contribution in [1.29, 1.82) is 0 Å². The van der Waals surface area contributed by atoms with Gasteiger partial charge in [-0.1, -0.05) is 0 Å². The smallest absolute Gasteiger partial charge is 0.368 e. The zero-order valence-corrected chi connectivity index (χ0v) is 11.5. The zero-order chi connectivity index (χ0) is 15.6. The lowest BCUT2D eigenvalue weighted by molar-refractivity contribution is -0.176. The second-order valence-corrected chi connectivity index (χ2v) is 4.98. The summed E-state index contributed by atoms with van der Waals surface area (Å²) in [4.78, 5) is 5.03. The molecule has 3 nitrogen and oxygen atoms in total. The maximum atomic E-state index is 13.8. The van der Waals surface area contributed by atoms with Crippen molar-refractivity contribution in [2.45, 2.75) is 25.9 Å². The lowest BCUT2D eigenvalue weighted by atomic mass is 9.97. The first-order chi connectivity index (χ1) is 9.82. The van der Waals surface area contributed by atoms with Gasteiger partial charge in [-0.3, -0.25) is 0 Å². The number of nitrogens with zero attached hydrogens (tertiary/aromatic N) is 2. The summed E-state index contributed by atoms with van der Waals surface area (Å²) in [6.07, 6.45) is -4.01. The van der Waals surface area contributed by atoms with E-state index in [1.165, 1.54) is 4.90 Å². The number of nitrogens with one attached hydrogen (secondary N) is 1. The minimum Gasteiger partial charge on any atom is -0.368 e. The van der Waals surface area contributed by atoms with E-state index >= 15 is 0 Å². The van der Waals surface area contributed by atoms with Crippen molar-refractivity contribution in [3.63, 3.8) is 0 Å². The van der Waals surface area contributed by atoms with Gasteiger partial charge in [-0.05, 0) is 19.8 Å². The third-order valence-electron chi connectivity index (χ3n) is 3.44. The Morgan fingerprint density at radius 3 is 2.67 bits per heavy atom. The van der Waals surface area contributed by atoms with Gasteiger partial charge in [0.05, 0.1) is 5.92 Å². The molecule has 0 aliphatic carbocycles. The van der Waals surface area contributed by atoms with Gasteiger partial charge in [-0.2, -0.15) is 13.2 Å². The molecule has 1 N–H and O–H groups in total. The highest BCUT2D eigenvalue weighted by molar-refractivity contribution is 5.49. The number of pyridine rings is 1. The van der Waals surface area contributed by atoms with E-state index in [0.717, 1.165) is 0 Å². The molecule has 118 valence electrons. The lowest BCUT2D eigenvalue weighted by Gasteiger charge is -2.34. The maximum absolute atomic E-state index is 13.8. The number of piperidine rings is 1. The van der Waals surface area contributed by atoms with E-state index in [2.05, 4.69) is 10.3 Å². The molecule has 2 rings (SSSR count). The van der Waals surface area contributed by atoms with Crippen LogP contribution in [0.1, 0.15) is 19.8 Å². The van der Waals surface area contributed by atoms with Gasteiger partial charge in [0.15, 0.2) is 23.3 Å². The number of halogens is 5. The monoisotopic (exact) mass is 309 g/mol. The first kappa shape index (κ1) is 15.8. The predicted molar refractivity (Wildman–Crippen MR) is 69.3 cm³/mol. The van der Waals surface area contributed by atoms with Gasteiger partial charge in [0.25, 0.3) is 0 Å². The minimum absolute atomic E-state index is 0.0167.